The van der Waals surface area contributed by atoms with Crippen molar-refractivity contribution in [1.82, 2.24) is 0 Å². The highest BCUT2D eigenvalue weighted by Crippen LogP contribution is 2.39. The Labute approximate surface area is 288 Å². The molecule has 0 heterocycles. The predicted octanol–water partition coefficient (Wildman–Crippen LogP) is 7.85. The Kier molecular flexibility index (Phi) is 14.4. The zero-order valence-electron chi connectivity index (χ0n) is 28.3. The highest BCUT2D eigenvalue weighted by Gasteiger charge is 2.22. The Hall–Kier alpha value is -4.47. The minimum Gasteiger partial charge on any atom is -0.453 e. The number of aliphatic hydroxyl groups excluding tert-OH is 2. The van der Waals surface area contributed by atoms with E-state index in [9.17, 15) is 14.0 Å². The van der Waals surface area contributed by atoms with Crippen molar-refractivity contribution >= 4 is 11.9 Å². The number of esters is 2. The lowest BCUT2D eigenvalue weighted by Crippen LogP contribution is -2.15. The summed E-state index contributed by atoms with van der Waals surface area (Å²) in [6.45, 7) is 6.76. The summed E-state index contributed by atoms with van der Waals surface area (Å²) >= 11 is 0. The van der Waals surface area contributed by atoms with Gasteiger partial charge < -0.3 is 29.2 Å². The summed E-state index contributed by atoms with van der Waals surface area (Å²) in [5.41, 5.74) is 6.40. The molecule has 262 valence electrons. The Balaban J connectivity index is 1.48. The predicted molar refractivity (Wildman–Crippen MR) is 187 cm³/mol. The van der Waals surface area contributed by atoms with Crippen molar-refractivity contribution in [2.24, 2.45) is 5.92 Å². The fraction of sp³-hybridized carbons (Fsp3) is 0.400. The lowest BCUT2D eigenvalue weighted by atomic mass is 9.77. The normalized spacial score (nSPS) is 15.7. The van der Waals surface area contributed by atoms with Gasteiger partial charge in [-0.1, -0.05) is 81.5 Å². The van der Waals surface area contributed by atoms with Crippen molar-refractivity contribution in [2.45, 2.75) is 64.2 Å². The van der Waals surface area contributed by atoms with Crippen LogP contribution in [0.2, 0.25) is 0 Å². The number of carbonyl (C=O) groups excluding carboxylic acids is 2. The molecule has 0 saturated heterocycles. The van der Waals surface area contributed by atoms with Gasteiger partial charge in [-0.3, -0.25) is 4.39 Å². The number of unbranched alkanes of at least 4 members (excludes halogenated alkanes) is 1. The van der Waals surface area contributed by atoms with Gasteiger partial charge in [0.15, 0.2) is 11.5 Å². The molecule has 1 fully saturated rings. The van der Waals surface area contributed by atoms with Gasteiger partial charge in [0, 0.05) is 0 Å². The van der Waals surface area contributed by atoms with Crippen molar-refractivity contribution < 1.29 is 43.1 Å². The monoisotopic (exact) mass is 674 g/mol. The molecule has 0 amide bonds. The number of carbonyl (C=O) groups is 2. The van der Waals surface area contributed by atoms with Gasteiger partial charge in [-0.05, 0) is 95.9 Å². The van der Waals surface area contributed by atoms with E-state index < -0.39 is 38.7 Å². The lowest BCUT2D eigenvalue weighted by Gasteiger charge is -2.29. The number of ether oxygens (including phenoxy) is 4. The Bertz CT molecular complexity index is 1570. The van der Waals surface area contributed by atoms with Crippen LogP contribution in [0.3, 0.4) is 0 Å². The molecule has 0 bridgehead atoms. The molecule has 8 nitrogen and oxygen atoms in total. The molecule has 3 aromatic carbocycles. The van der Waals surface area contributed by atoms with Gasteiger partial charge in [-0.15, -0.1) is 0 Å². The average Bonchev–Trinajstić information content (AvgIpc) is 3.14. The summed E-state index contributed by atoms with van der Waals surface area (Å²) in [7, 11) is 0. The van der Waals surface area contributed by atoms with Crippen molar-refractivity contribution in [1.29, 1.82) is 0 Å². The van der Waals surface area contributed by atoms with E-state index in [-0.39, 0.29) is 29.3 Å². The van der Waals surface area contributed by atoms with Crippen molar-refractivity contribution in [2.75, 3.05) is 33.5 Å². The minimum atomic E-state index is -0.803. The Morgan fingerprint density at radius 3 is 1.92 bits per heavy atom. The van der Waals surface area contributed by atoms with Crippen LogP contribution in [0, 0.1) is 5.92 Å². The number of rotatable bonds is 18. The Morgan fingerprint density at radius 1 is 0.755 bits per heavy atom. The summed E-state index contributed by atoms with van der Waals surface area (Å²) in [5, 5.41) is 18.2. The third kappa shape index (κ3) is 10.5. The molecule has 0 aliphatic heterocycles. The van der Waals surface area contributed by atoms with Crippen LogP contribution in [0.25, 0.3) is 22.3 Å². The number of hydrogen-bond acceptors (Lipinski definition) is 8. The molecule has 3 aromatic rings. The maximum atomic E-state index is 12.5. The third-order valence-electron chi connectivity index (χ3n) is 9.07. The van der Waals surface area contributed by atoms with E-state index in [0.29, 0.717) is 12.3 Å². The summed E-state index contributed by atoms with van der Waals surface area (Å²) < 4.78 is 33.9. The number of aliphatic hydroxyl groups is 2. The van der Waals surface area contributed by atoms with Gasteiger partial charge in [0.1, 0.15) is 0 Å². The quantitative estimate of drug-likeness (QED) is 0.0608. The van der Waals surface area contributed by atoms with Gasteiger partial charge in [0.2, 0.25) is 13.6 Å². The van der Waals surface area contributed by atoms with E-state index >= 15 is 0 Å². The van der Waals surface area contributed by atoms with Gasteiger partial charge in [0.05, 0.1) is 31.0 Å². The first-order chi connectivity index (χ1) is 23.8. The molecule has 9 heteroatoms. The number of benzene rings is 3. The van der Waals surface area contributed by atoms with Crippen molar-refractivity contribution in [3.8, 4) is 33.8 Å². The van der Waals surface area contributed by atoms with Gasteiger partial charge in [-0.25, -0.2) is 9.59 Å². The maximum Gasteiger partial charge on any atom is 0.338 e. The van der Waals surface area contributed by atoms with E-state index in [1.165, 1.54) is 36.8 Å². The highest BCUT2D eigenvalue weighted by molar-refractivity contribution is 5.88. The van der Waals surface area contributed by atoms with Crippen LogP contribution in [0.4, 0.5) is 4.39 Å². The summed E-state index contributed by atoms with van der Waals surface area (Å²) in [6, 6.07) is 20.5. The fourth-order valence-electron chi connectivity index (χ4n) is 6.14. The minimum absolute atomic E-state index is 0.113. The van der Waals surface area contributed by atoms with E-state index in [1.54, 1.807) is 12.1 Å². The second-order valence-electron chi connectivity index (χ2n) is 12.3. The average molecular weight is 675 g/mol. The fourth-order valence-corrected chi connectivity index (χ4v) is 6.14. The van der Waals surface area contributed by atoms with Crippen LogP contribution in [0.5, 0.6) is 11.5 Å². The molecular weight excluding hydrogens is 627 g/mol. The molecule has 49 heavy (non-hydrogen) atoms. The molecule has 1 saturated carbocycles. The zero-order chi connectivity index (χ0) is 35.2. The molecule has 0 aromatic heterocycles. The van der Waals surface area contributed by atoms with Crippen LogP contribution >= 0.6 is 0 Å². The van der Waals surface area contributed by atoms with E-state index in [1.807, 2.05) is 12.1 Å². The number of alkyl halides is 1. The zero-order valence-corrected chi connectivity index (χ0v) is 28.3. The summed E-state index contributed by atoms with van der Waals surface area (Å²) in [5.74, 6) is 0.153. The third-order valence-corrected chi connectivity index (χ3v) is 9.07. The molecule has 0 spiro atoms. The van der Waals surface area contributed by atoms with Crippen LogP contribution in [-0.4, -0.2) is 55.6 Å². The number of halogens is 1. The first-order valence-electron chi connectivity index (χ1n) is 16.9. The molecule has 1 aliphatic carbocycles. The van der Waals surface area contributed by atoms with Crippen LogP contribution in [-0.2, 0) is 25.5 Å². The van der Waals surface area contributed by atoms with Gasteiger partial charge in [-0.2, -0.15) is 0 Å². The molecule has 4 rings (SSSR count). The van der Waals surface area contributed by atoms with Gasteiger partial charge in [0.25, 0.3) is 0 Å². The van der Waals surface area contributed by atoms with Crippen molar-refractivity contribution in [3.05, 3.63) is 96.1 Å². The lowest BCUT2D eigenvalue weighted by molar-refractivity contribution is -0.147. The molecule has 0 radical (unpaired) electrons. The highest BCUT2D eigenvalue weighted by atomic mass is 19.1. The van der Waals surface area contributed by atoms with E-state index in [4.69, 9.17) is 29.2 Å². The van der Waals surface area contributed by atoms with Gasteiger partial charge >= 0.3 is 11.9 Å². The van der Waals surface area contributed by atoms with Crippen LogP contribution < -0.4 is 9.47 Å². The number of hydrogen-bond donors (Lipinski definition) is 2. The van der Waals surface area contributed by atoms with E-state index in [0.717, 1.165) is 47.4 Å². The maximum absolute atomic E-state index is 12.5. The second-order valence-corrected chi connectivity index (χ2v) is 12.3. The van der Waals surface area contributed by atoms with E-state index in [2.05, 4.69) is 56.5 Å². The first kappa shape index (κ1) is 37.4. The molecule has 1 aliphatic rings. The Morgan fingerprint density at radius 2 is 1.33 bits per heavy atom. The first-order valence-corrected chi connectivity index (χ1v) is 16.9. The summed E-state index contributed by atoms with van der Waals surface area (Å²) in [6.07, 6.45) is 8.47. The topological polar surface area (TPSA) is 112 Å². The molecule has 0 unspecified atom stereocenters. The largest absolute Gasteiger partial charge is 0.453 e. The second kappa shape index (κ2) is 18.9. The van der Waals surface area contributed by atoms with Crippen LogP contribution in [0.15, 0.2) is 85.0 Å². The number of aryl methyl sites for hydroxylation is 1. The molecular formula is C40H47FO8. The summed E-state index contributed by atoms with van der Waals surface area (Å²) in [4.78, 5) is 23.8. The van der Waals surface area contributed by atoms with Crippen LogP contribution in [0.1, 0.15) is 68.9 Å². The van der Waals surface area contributed by atoms with Crippen molar-refractivity contribution in [3.63, 3.8) is 0 Å². The molecule has 0 atom stereocenters. The SMILES string of the molecule is C=C(CO)C(=O)OCOc1ccc(-c2ccc(-c3ccc(C4CCC(CCCCF)CC4)cc3)c(CC)c2)cc1OCOC(=O)C(=C)CO. The molecule has 2 N–H and O–H groups in total. The standard InChI is InChI=1S/C40H47FO8/c1-4-30-21-34(16-18-36(30)33-14-12-32(13-15-33)31-10-8-29(9-11-31)7-5-6-20-41)35-17-19-37(46-25-48-39(44)27(2)23-42)38(22-35)47-26-49-40(45)28(3)24-43/h12-19,21-22,29,31,42-43H,2-11,20,23-26H2,1H3. The smallest absolute Gasteiger partial charge is 0.338 e.